The fourth-order valence-electron chi connectivity index (χ4n) is 2.80. The molecule has 0 aliphatic carbocycles. The molecule has 0 bridgehead atoms. The van der Waals surface area contributed by atoms with Crippen LogP contribution >= 0.6 is 11.6 Å². The molecule has 1 aromatic carbocycles. The highest BCUT2D eigenvalue weighted by molar-refractivity contribution is 6.28. The van der Waals surface area contributed by atoms with Crippen molar-refractivity contribution in [3.8, 4) is 11.4 Å². The van der Waals surface area contributed by atoms with Crippen molar-refractivity contribution in [3.05, 3.63) is 48.0 Å². The summed E-state index contributed by atoms with van der Waals surface area (Å²) < 4.78 is 8.63. The number of halogens is 1. The van der Waals surface area contributed by atoms with E-state index in [1.54, 1.807) is 22.9 Å². The Labute approximate surface area is 154 Å². The average molecular weight is 370 g/mol. The van der Waals surface area contributed by atoms with Crippen LogP contribution in [0.2, 0.25) is 5.28 Å². The fourth-order valence-corrected chi connectivity index (χ4v) is 3.03. The van der Waals surface area contributed by atoms with E-state index in [0.29, 0.717) is 22.6 Å². The summed E-state index contributed by atoms with van der Waals surface area (Å²) in [4.78, 5) is 16.7. The Morgan fingerprint density at radius 3 is 2.69 bits per heavy atom. The van der Waals surface area contributed by atoms with Crippen molar-refractivity contribution in [3.63, 3.8) is 0 Å². The lowest BCUT2D eigenvalue weighted by Gasteiger charge is -2.19. The molecule has 0 saturated carbocycles. The molecule has 0 unspecified atom stereocenters. The molecule has 4 rings (SSSR count). The van der Waals surface area contributed by atoms with Crippen LogP contribution in [0.4, 0.5) is 4.79 Å². The minimum atomic E-state index is -0.600. The van der Waals surface area contributed by atoms with Gasteiger partial charge in [0.2, 0.25) is 5.28 Å². The lowest BCUT2D eigenvalue weighted by Crippen LogP contribution is -2.26. The first-order valence-electron chi connectivity index (χ1n) is 8.04. The molecule has 132 valence electrons. The zero-order valence-electron chi connectivity index (χ0n) is 14.5. The van der Waals surface area contributed by atoms with Crippen LogP contribution in [0.1, 0.15) is 20.8 Å². The number of fused-ring (bicyclic) bond motifs is 2. The van der Waals surface area contributed by atoms with Crippen LogP contribution in [-0.2, 0) is 4.74 Å². The van der Waals surface area contributed by atoms with Crippen molar-refractivity contribution in [2.75, 3.05) is 0 Å². The lowest BCUT2D eigenvalue weighted by atomic mass is 10.1. The van der Waals surface area contributed by atoms with Gasteiger partial charge in [-0.3, -0.25) is 4.57 Å². The first-order valence-corrected chi connectivity index (χ1v) is 8.42. The molecule has 0 N–H and O–H groups in total. The molecule has 7 nitrogen and oxygen atoms in total. The SMILES string of the molecule is CC(C)(C)OC(=O)n1cc(-c2nnc3ccnc(Cl)n23)c2ccccc21. The van der Waals surface area contributed by atoms with E-state index < -0.39 is 11.7 Å². The van der Waals surface area contributed by atoms with E-state index in [9.17, 15) is 4.79 Å². The minimum Gasteiger partial charge on any atom is -0.443 e. The van der Waals surface area contributed by atoms with Gasteiger partial charge in [-0.15, -0.1) is 10.2 Å². The molecule has 0 saturated heterocycles. The Bertz CT molecular complexity index is 1140. The van der Waals surface area contributed by atoms with Gasteiger partial charge >= 0.3 is 6.09 Å². The molecule has 26 heavy (non-hydrogen) atoms. The summed E-state index contributed by atoms with van der Waals surface area (Å²) >= 11 is 6.23. The minimum absolute atomic E-state index is 0.247. The van der Waals surface area contributed by atoms with Gasteiger partial charge in [-0.1, -0.05) is 18.2 Å². The zero-order chi connectivity index (χ0) is 18.5. The fraction of sp³-hybridized carbons (Fsp3) is 0.222. The third kappa shape index (κ3) is 2.70. The molecule has 0 radical (unpaired) electrons. The predicted molar refractivity (Wildman–Crippen MR) is 98.4 cm³/mol. The van der Waals surface area contributed by atoms with E-state index >= 15 is 0 Å². The van der Waals surface area contributed by atoms with Crippen molar-refractivity contribution >= 4 is 34.2 Å². The normalized spacial score (nSPS) is 12.0. The summed E-state index contributed by atoms with van der Waals surface area (Å²) in [5.74, 6) is 0.511. The average Bonchev–Trinajstić information content (AvgIpc) is 3.15. The highest BCUT2D eigenvalue weighted by Gasteiger charge is 2.23. The first kappa shape index (κ1) is 16.5. The van der Waals surface area contributed by atoms with Crippen LogP contribution in [0.15, 0.2) is 42.7 Å². The second-order valence-electron chi connectivity index (χ2n) is 6.84. The summed E-state index contributed by atoms with van der Waals surface area (Å²) in [7, 11) is 0. The van der Waals surface area contributed by atoms with Crippen molar-refractivity contribution in [1.29, 1.82) is 0 Å². The maximum Gasteiger partial charge on any atom is 0.419 e. The van der Waals surface area contributed by atoms with E-state index in [1.807, 2.05) is 45.0 Å². The number of hydrogen-bond acceptors (Lipinski definition) is 5. The van der Waals surface area contributed by atoms with Gasteiger partial charge in [-0.05, 0) is 38.4 Å². The van der Waals surface area contributed by atoms with Crippen LogP contribution in [-0.4, -0.2) is 35.8 Å². The Morgan fingerprint density at radius 1 is 1.15 bits per heavy atom. The molecular formula is C18H16ClN5O2. The van der Waals surface area contributed by atoms with Gasteiger partial charge in [0.25, 0.3) is 0 Å². The predicted octanol–water partition coefficient (Wildman–Crippen LogP) is 4.18. The van der Waals surface area contributed by atoms with Crippen molar-refractivity contribution in [1.82, 2.24) is 24.1 Å². The monoisotopic (exact) mass is 369 g/mol. The van der Waals surface area contributed by atoms with Gasteiger partial charge in [-0.25, -0.2) is 14.2 Å². The summed E-state index contributed by atoms with van der Waals surface area (Å²) in [6.45, 7) is 5.49. The molecule has 8 heteroatoms. The number of rotatable bonds is 1. The second kappa shape index (κ2) is 5.81. The molecule has 0 spiro atoms. The van der Waals surface area contributed by atoms with Crippen LogP contribution in [0.3, 0.4) is 0 Å². The number of carbonyl (C=O) groups is 1. The standard InChI is InChI=1S/C18H16ClN5O2/c1-18(2,3)26-17(25)23-10-12(11-6-4-5-7-13(11)23)15-22-21-14-8-9-20-16(19)24(14)15/h4-10H,1-3H3. The molecule has 4 aromatic rings. The lowest BCUT2D eigenvalue weighted by molar-refractivity contribution is 0.0544. The molecular weight excluding hydrogens is 354 g/mol. The maximum atomic E-state index is 12.6. The largest absolute Gasteiger partial charge is 0.443 e. The van der Waals surface area contributed by atoms with Gasteiger partial charge in [0, 0.05) is 29.4 Å². The van der Waals surface area contributed by atoms with E-state index in [0.717, 1.165) is 5.39 Å². The quantitative estimate of drug-likeness (QED) is 0.470. The van der Waals surface area contributed by atoms with Crippen molar-refractivity contribution < 1.29 is 9.53 Å². The van der Waals surface area contributed by atoms with Gasteiger partial charge in [0.1, 0.15) is 5.60 Å². The second-order valence-corrected chi connectivity index (χ2v) is 7.18. The number of nitrogens with zero attached hydrogens (tertiary/aromatic N) is 5. The Hall–Kier alpha value is -2.93. The first-order chi connectivity index (χ1) is 12.3. The summed E-state index contributed by atoms with van der Waals surface area (Å²) in [5, 5.41) is 9.47. The number of carbonyl (C=O) groups excluding carboxylic acids is 1. The number of aromatic nitrogens is 5. The molecule has 0 aliphatic heterocycles. The molecule has 3 heterocycles. The van der Waals surface area contributed by atoms with Gasteiger partial charge in [-0.2, -0.15) is 0 Å². The van der Waals surface area contributed by atoms with Crippen LogP contribution in [0.5, 0.6) is 0 Å². The summed E-state index contributed by atoms with van der Waals surface area (Å²) in [5.41, 5.74) is 1.41. The van der Waals surface area contributed by atoms with Crippen LogP contribution in [0, 0.1) is 0 Å². The third-order valence-electron chi connectivity index (χ3n) is 3.82. The Morgan fingerprint density at radius 2 is 1.92 bits per heavy atom. The van der Waals surface area contributed by atoms with Crippen LogP contribution in [0.25, 0.3) is 27.9 Å². The van der Waals surface area contributed by atoms with Gasteiger partial charge in [0.15, 0.2) is 11.5 Å². The Kier molecular flexibility index (Phi) is 3.69. The van der Waals surface area contributed by atoms with Crippen molar-refractivity contribution in [2.45, 2.75) is 26.4 Å². The van der Waals surface area contributed by atoms with Gasteiger partial charge in [0.05, 0.1) is 5.52 Å². The third-order valence-corrected chi connectivity index (χ3v) is 4.09. The topological polar surface area (TPSA) is 74.3 Å². The molecule has 0 atom stereocenters. The van der Waals surface area contributed by atoms with E-state index in [-0.39, 0.29) is 5.28 Å². The van der Waals surface area contributed by atoms with Crippen molar-refractivity contribution in [2.24, 2.45) is 0 Å². The summed E-state index contributed by atoms with van der Waals surface area (Å²) in [6, 6.07) is 9.25. The smallest absolute Gasteiger partial charge is 0.419 e. The molecule has 0 fully saturated rings. The Balaban J connectivity index is 1.95. The zero-order valence-corrected chi connectivity index (χ0v) is 15.2. The molecule has 3 aromatic heterocycles. The number of benzene rings is 1. The summed E-state index contributed by atoms with van der Waals surface area (Å²) in [6.07, 6.45) is 2.80. The number of ether oxygens (including phenoxy) is 1. The van der Waals surface area contributed by atoms with E-state index in [4.69, 9.17) is 16.3 Å². The molecule has 0 amide bonds. The van der Waals surface area contributed by atoms with Crippen LogP contribution < -0.4 is 0 Å². The molecule has 0 aliphatic rings. The van der Waals surface area contributed by atoms with E-state index in [2.05, 4.69) is 15.2 Å². The number of para-hydroxylation sites is 1. The maximum absolute atomic E-state index is 12.6. The number of hydrogen-bond donors (Lipinski definition) is 0. The highest BCUT2D eigenvalue weighted by Crippen LogP contribution is 2.31. The van der Waals surface area contributed by atoms with Gasteiger partial charge < -0.3 is 4.74 Å². The highest BCUT2D eigenvalue weighted by atomic mass is 35.5. The van der Waals surface area contributed by atoms with E-state index in [1.165, 1.54) is 4.57 Å².